The minimum absolute atomic E-state index is 0.0295. The first kappa shape index (κ1) is 12.8. The molecule has 0 amide bonds. The molecule has 0 saturated heterocycles. The summed E-state index contributed by atoms with van der Waals surface area (Å²) in [5.41, 5.74) is 2.90. The Hall–Kier alpha value is -1.29. The molecule has 1 aromatic heterocycles. The Morgan fingerprint density at radius 2 is 2.19 bits per heavy atom. The van der Waals surface area contributed by atoms with Crippen molar-refractivity contribution >= 4 is 5.82 Å². The Bertz CT molecular complexity index is 382. The molecule has 0 radical (unpaired) electrons. The lowest BCUT2D eigenvalue weighted by Crippen LogP contribution is -2.27. The molecule has 0 aliphatic heterocycles. The van der Waals surface area contributed by atoms with E-state index in [9.17, 15) is 5.11 Å². The quantitative estimate of drug-likeness (QED) is 0.771. The van der Waals surface area contributed by atoms with Gasteiger partial charge in [0.05, 0.1) is 12.3 Å². The van der Waals surface area contributed by atoms with Crippen LogP contribution in [0, 0.1) is 6.92 Å². The molecule has 0 fully saturated rings. The highest BCUT2D eigenvalue weighted by Gasteiger charge is 2.17. The van der Waals surface area contributed by atoms with Crippen molar-refractivity contribution in [2.75, 3.05) is 18.0 Å². The van der Waals surface area contributed by atoms with Crippen LogP contribution in [0.3, 0.4) is 0 Å². The number of rotatable bonds is 5. The predicted molar refractivity (Wildman–Crippen MR) is 66.6 cm³/mol. The largest absolute Gasteiger partial charge is 0.391 e. The van der Waals surface area contributed by atoms with Crippen molar-refractivity contribution in [1.29, 1.82) is 0 Å². The van der Waals surface area contributed by atoms with Gasteiger partial charge in [-0.1, -0.05) is 12.2 Å². The van der Waals surface area contributed by atoms with Crippen LogP contribution >= 0.6 is 0 Å². The van der Waals surface area contributed by atoms with Gasteiger partial charge in [0.25, 0.3) is 0 Å². The van der Waals surface area contributed by atoms with Gasteiger partial charge in [0.1, 0.15) is 5.82 Å². The lowest BCUT2D eigenvalue weighted by atomic mass is 10.2. The first-order valence-electron chi connectivity index (χ1n) is 5.53. The van der Waals surface area contributed by atoms with Crippen molar-refractivity contribution in [3.63, 3.8) is 0 Å². The molecule has 0 aromatic carbocycles. The van der Waals surface area contributed by atoms with E-state index in [1.165, 1.54) is 0 Å². The summed E-state index contributed by atoms with van der Waals surface area (Å²) in [4.78, 5) is 2.17. The number of aliphatic hydroxyl groups excluding tert-OH is 1. The highest BCUT2D eigenvalue weighted by Crippen LogP contribution is 2.23. The van der Waals surface area contributed by atoms with Crippen molar-refractivity contribution in [3.8, 4) is 0 Å². The first-order chi connectivity index (χ1) is 7.51. The average molecular weight is 223 g/mol. The highest BCUT2D eigenvalue weighted by atomic mass is 16.3. The third-order valence-electron chi connectivity index (χ3n) is 2.61. The average Bonchev–Trinajstić information content (AvgIpc) is 2.49. The van der Waals surface area contributed by atoms with E-state index in [1.54, 1.807) is 0 Å². The van der Waals surface area contributed by atoms with Gasteiger partial charge in [0, 0.05) is 25.7 Å². The number of aryl methyl sites for hydroxylation is 2. The number of aromatic nitrogens is 2. The fourth-order valence-corrected chi connectivity index (χ4v) is 1.93. The topological polar surface area (TPSA) is 41.3 Å². The fraction of sp³-hybridized carbons (Fsp3) is 0.583. The van der Waals surface area contributed by atoms with Gasteiger partial charge in [0.15, 0.2) is 0 Å². The predicted octanol–water partition coefficient (Wildman–Crippen LogP) is 1.62. The van der Waals surface area contributed by atoms with Crippen molar-refractivity contribution in [2.24, 2.45) is 7.05 Å². The summed E-state index contributed by atoms with van der Waals surface area (Å²) in [6.45, 7) is 11.6. The smallest absolute Gasteiger partial charge is 0.132 e. The minimum atomic E-state index is 0.0295. The number of aliphatic hydroxyl groups is 1. The molecule has 0 aliphatic rings. The van der Waals surface area contributed by atoms with Crippen molar-refractivity contribution in [3.05, 3.63) is 23.4 Å². The van der Waals surface area contributed by atoms with Gasteiger partial charge >= 0.3 is 0 Å². The Balaban J connectivity index is 3.12. The van der Waals surface area contributed by atoms with Crippen LogP contribution in [0.2, 0.25) is 0 Å². The molecule has 0 bridgehead atoms. The molecular formula is C12H21N3O. The molecule has 0 unspecified atom stereocenters. The van der Waals surface area contributed by atoms with Crippen LogP contribution in [0.15, 0.2) is 12.2 Å². The van der Waals surface area contributed by atoms with E-state index in [0.29, 0.717) is 0 Å². The van der Waals surface area contributed by atoms with E-state index in [-0.39, 0.29) is 6.61 Å². The maximum Gasteiger partial charge on any atom is 0.132 e. The third kappa shape index (κ3) is 2.44. The van der Waals surface area contributed by atoms with Crippen LogP contribution in [0.4, 0.5) is 5.82 Å². The Morgan fingerprint density at radius 3 is 2.62 bits per heavy atom. The Labute approximate surface area is 97.2 Å². The zero-order chi connectivity index (χ0) is 12.3. The second-order valence-electron chi connectivity index (χ2n) is 4.14. The molecule has 90 valence electrons. The number of anilines is 1. The molecule has 1 aromatic rings. The lowest BCUT2D eigenvalue weighted by molar-refractivity contribution is 0.281. The van der Waals surface area contributed by atoms with Crippen LogP contribution in [-0.2, 0) is 13.7 Å². The van der Waals surface area contributed by atoms with Crippen LogP contribution in [-0.4, -0.2) is 28.0 Å². The SMILES string of the molecule is C=C(C)CN(CC)c1c(CO)c(C)nn1C. The van der Waals surface area contributed by atoms with Gasteiger partial charge in [-0.05, 0) is 20.8 Å². The fourth-order valence-electron chi connectivity index (χ4n) is 1.93. The van der Waals surface area contributed by atoms with E-state index in [2.05, 4.69) is 23.5 Å². The number of nitrogens with zero attached hydrogens (tertiary/aromatic N) is 3. The molecule has 4 nitrogen and oxygen atoms in total. The van der Waals surface area contributed by atoms with Crippen LogP contribution in [0.5, 0.6) is 0 Å². The van der Waals surface area contributed by atoms with Crippen LogP contribution in [0.1, 0.15) is 25.1 Å². The summed E-state index contributed by atoms with van der Waals surface area (Å²) in [5, 5.41) is 13.7. The number of hydrogen-bond donors (Lipinski definition) is 1. The minimum Gasteiger partial charge on any atom is -0.391 e. The number of likely N-dealkylation sites (N-methyl/N-ethyl adjacent to an activating group) is 1. The summed E-state index contributed by atoms with van der Waals surface area (Å²) >= 11 is 0. The van der Waals surface area contributed by atoms with E-state index in [0.717, 1.165) is 35.7 Å². The van der Waals surface area contributed by atoms with Crippen molar-refractivity contribution in [2.45, 2.75) is 27.4 Å². The molecular weight excluding hydrogens is 202 g/mol. The van der Waals surface area contributed by atoms with E-state index >= 15 is 0 Å². The summed E-state index contributed by atoms with van der Waals surface area (Å²) in [7, 11) is 1.91. The van der Waals surface area contributed by atoms with Crippen molar-refractivity contribution in [1.82, 2.24) is 9.78 Å². The summed E-state index contributed by atoms with van der Waals surface area (Å²) in [6.07, 6.45) is 0. The van der Waals surface area contributed by atoms with Gasteiger partial charge in [-0.25, -0.2) is 0 Å². The maximum absolute atomic E-state index is 9.39. The highest BCUT2D eigenvalue weighted by molar-refractivity contribution is 5.50. The van der Waals surface area contributed by atoms with E-state index in [4.69, 9.17) is 0 Å². The molecule has 0 saturated carbocycles. The van der Waals surface area contributed by atoms with Gasteiger partial charge in [-0.2, -0.15) is 5.10 Å². The monoisotopic (exact) mass is 223 g/mol. The van der Waals surface area contributed by atoms with Gasteiger partial charge in [-0.3, -0.25) is 4.68 Å². The van der Waals surface area contributed by atoms with E-state index in [1.807, 2.05) is 25.6 Å². The standard InChI is InChI=1S/C12H21N3O/c1-6-15(7-9(2)3)12-11(8-16)10(4)13-14(12)5/h16H,2,6-8H2,1,3-5H3. The Kier molecular flexibility index (Phi) is 4.12. The van der Waals surface area contributed by atoms with Crippen molar-refractivity contribution < 1.29 is 5.11 Å². The summed E-state index contributed by atoms with van der Waals surface area (Å²) < 4.78 is 1.83. The van der Waals surface area contributed by atoms with Gasteiger partial charge in [0.2, 0.25) is 0 Å². The zero-order valence-corrected chi connectivity index (χ0v) is 10.6. The van der Waals surface area contributed by atoms with E-state index < -0.39 is 0 Å². The zero-order valence-electron chi connectivity index (χ0n) is 10.6. The molecule has 1 heterocycles. The normalized spacial score (nSPS) is 10.6. The second-order valence-corrected chi connectivity index (χ2v) is 4.14. The van der Waals surface area contributed by atoms with Crippen LogP contribution < -0.4 is 4.90 Å². The van der Waals surface area contributed by atoms with Gasteiger partial charge < -0.3 is 10.0 Å². The molecule has 16 heavy (non-hydrogen) atoms. The molecule has 4 heteroatoms. The molecule has 0 atom stereocenters. The first-order valence-corrected chi connectivity index (χ1v) is 5.53. The molecule has 1 rings (SSSR count). The van der Waals surface area contributed by atoms with Gasteiger partial charge in [-0.15, -0.1) is 0 Å². The maximum atomic E-state index is 9.39. The third-order valence-corrected chi connectivity index (χ3v) is 2.61. The Morgan fingerprint density at radius 1 is 1.56 bits per heavy atom. The van der Waals surface area contributed by atoms with Crippen LogP contribution in [0.25, 0.3) is 0 Å². The second kappa shape index (κ2) is 5.16. The number of hydrogen-bond acceptors (Lipinski definition) is 3. The lowest BCUT2D eigenvalue weighted by Gasteiger charge is -2.24. The summed E-state index contributed by atoms with van der Waals surface area (Å²) in [6, 6.07) is 0. The molecule has 0 spiro atoms. The summed E-state index contributed by atoms with van der Waals surface area (Å²) in [5.74, 6) is 0.991. The molecule has 1 N–H and O–H groups in total. The molecule has 0 aliphatic carbocycles.